The minimum atomic E-state index is -0.329. The van der Waals surface area contributed by atoms with Crippen LogP contribution in [0.1, 0.15) is 61.0 Å². The van der Waals surface area contributed by atoms with Gasteiger partial charge in [0.1, 0.15) is 0 Å². The van der Waals surface area contributed by atoms with Crippen molar-refractivity contribution in [2.45, 2.75) is 46.0 Å². The van der Waals surface area contributed by atoms with Crippen LogP contribution in [0.15, 0.2) is 84.9 Å². The van der Waals surface area contributed by atoms with Crippen LogP contribution < -0.4 is 10.6 Å². The average molecular weight is 543 g/mol. The summed E-state index contributed by atoms with van der Waals surface area (Å²) in [5.74, 6) is -0.315. The lowest BCUT2D eigenvalue weighted by Gasteiger charge is -2.15. The highest BCUT2D eigenvalue weighted by Gasteiger charge is 2.12. The highest BCUT2D eigenvalue weighted by Crippen LogP contribution is 2.23. The molecule has 0 aliphatic heterocycles. The summed E-state index contributed by atoms with van der Waals surface area (Å²) in [7, 11) is 0. The van der Waals surface area contributed by atoms with Crippen LogP contribution in [0.5, 0.6) is 0 Å². The number of esters is 2. The molecule has 0 aliphatic carbocycles. The summed E-state index contributed by atoms with van der Waals surface area (Å²) < 4.78 is 10.1. The van der Waals surface area contributed by atoms with Gasteiger partial charge >= 0.3 is 18.0 Å². The predicted molar refractivity (Wildman–Crippen MR) is 159 cm³/mol. The Labute approximate surface area is 236 Å². The molecular formula is C33H38N2O5. The molecule has 7 heteroatoms. The summed E-state index contributed by atoms with van der Waals surface area (Å²) in [5.41, 5.74) is 3.93. The van der Waals surface area contributed by atoms with E-state index < -0.39 is 0 Å². The van der Waals surface area contributed by atoms with Gasteiger partial charge in [0.05, 0.1) is 18.8 Å². The minimum Gasteiger partial charge on any atom is -0.466 e. The second-order valence-electron chi connectivity index (χ2n) is 9.32. The van der Waals surface area contributed by atoms with Crippen molar-refractivity contribution in [2.24, 2.45) is 5.92 Å². The second-order valence-corrected chi connectivity index (χ2v) is 9.32. The highest BCUT2D eigenvalue weighted by atomic mass is 16.5. The number of allylic oxidation sites excluding steroid dienone is 1. The van der Waals surface area contributed by atoms with Crippen LogP contribution in [0.2, 0.25) is 0 Å². The first kappa shape index (κ1) is 30.2. The van der Waals surface area contributed by atoms with Crippen molar-refractivity contribution in [2.75, 3.05) is 23.8 Å². The monoisotopic (exact) mass is 542 g/mol. The number of anilines is 2. The van der Waals surface area contributed by atoms with Gasteiger partial charge < -0.3 is 20.1 Å². The van der Waals surface area contributed by atoms with Gasteiger partial charge in [-0.1, -0.05) is 67.1 Å². The van der Waals surface area contributed by atoms with Crippen molar-refractivity contribution in [1.82, 2.24) is 0 Å². The Hall–Kier alpha value is -4.39. The van der Waals surface area contributed by atoms with E-state index in [9.17, 15) is 14.4 Å². The van der Waals surface area contributed by atoms with E-state index in [2.05, 4.69) is 16.7 Å². The van der Waals surface area contributed by atoms with Crippen LogP contribution >= 0.6 is 0 Å². The Bertz CT molecular complexity index is 1260. The number of amides is 2. The van der Waals surface area contributed by atoms with E-state index in [1.54, 1.807) is 19.1 Å². The zero-order valence-electron chi connectivity index (χ0n) is 23.2. The standard InChI is InChI=1S/C33H38N2O5/c1-3-39-31(36)17-11-8-12-25(24-26-19-22-28(23-20-26)32(37)40-4-2)18-21-27-13-9-10-16-30(27)35-33(38)34-29-14-6-5-7-15-29/h5-7,9-10,13-16,18-23,25H,3-4,8,11-12,17,24H2,1-2H3,(H2,34,35,38)/b21-18+. The number of hydrogen-bond acceptors (Lipinski definition) is 5. The number of rotatable bonds is 14. The van der Waals surface area contributed by atoms with E-state index >= 15 is 0 Å². The molecule has 0 saturated heterocycles. The number of para-hydroxylation sites is 2. The lowest BCUT2D eigenvalue weighted by atomic mass is 9.92. The smallest absolute Gasteiger partial charge is 0.338 e. The molecule has 0 aromatic heterocycles. The van der Waals surface area contributed by atoms with Crippen LogP contribution in [0.4, 0.5) is 16.2 Å². The summed E-state index contributed by atoms with van der Waals surface area (Å²) >= 11 is 0. The third kappa shape index (κ3) is 10.4. The molecule has 0 radical (unpaired) electrons. The van der Waals surface area contributed by atoms with Gasteiger partial charge in [-0.05, 0) is 80.5 Å². The highest BCUT2D eigenvalue weighted by molar-refractivity contribution is 6.00. The Morgan fingerprint density at radius 1 is 0.800 bits per heavy atom. The molecule has 3 aromatic rings. The summed E-state index contributed by atoms with van der Waals surface area (Å²) in [6.07, 6.45) is 7.85. The fraction of sp³-hybridized carbons (Fsp3) is 0.303. The second kappa shape index (κ2) is 16.5. The number of nitrogens with one attached hydrogen (secondary N) is 2. The normalized spacial score (nSPS) is 11.6. The average Bonchev–Trinajstić information content (AvgIpc) is 2.95. The third-order valence-corrected chi connectivity index (χ3v) is 6.26. The molecule has 0 aliphatic rings. The van der Waals surface area contributed by atoms with Gasteiger partial charge in [-0.15, -0.1) is 0 Å². The van der Waals surface area contributed by atoms with Gasteiger partial charge in [0.15, 0.2) is 0 Å². The fourth-order valence-corrected chi connectivity index (χ4v) is 4.27. The quantitative estimate of drug-likeness (QED) is 0.162. The number of urea groups is 1. The minimum absolute atomic E-state index is 0.169. The lowest BCUT2D eigenvalue weighted by Crippen LogP contribution is -2.19. The van der Waals surface area contributed by atoms with Gasteiger partial charge in [0, 0.05) is 17.8 Å². The van der Waals surface area contributed by atoms with E-state index in [1.807, 2.05) is 79.7 Å². The molecule has 0 fully saturated rings. The summed E-state index contributed by atoms with van der Waals surface area (Å²) in [4.78, 5) is 36.4. The van der Waals surface area contributed by atoms with Crippen molar-refractivity contribution in [3.05, 3.63) is 102 Å². The molecule has 40 heavy (non-hydrogen) atoms. The third-order valence-electron chi connectivity index (χ3n) is 6.26. The summed E-state index contributed by atoms with van der Waals surface area (Å²) in [6.45, 7) is 4.32. The van der Waals surface area contributed by atoms with Crippen molar-refractivity contribution >= 4 is 35.4 Å². The van der Waals surface area contributed by atoms with Crippen LogP contribution in [-0.2, 0) is 20.7 Å². The first-order valence-corrected chi connectivity index (χ1v) is 13.8. The molecule has 1 atom stereocenters. The van der Waals surface area contributed by atoms with Crippen LogP contribution in [0.3, 0.4) is 0 Å². The molecule has 0 bridgehead atoms. The maximum absolute atomic E-state index is 12.6. The number of carbonyl (C=O) groups excluding carboxylic acids is 3. The molecule has 2 N–H and O–H groups in total. The molecule has 3 rings (SSSR count). The number of unbranched alkanes of at least 4 members (excludes halogenated alkanes) is 1. The first-order chi connectivity index (χ1) is 19.5. The number of hydrogen-bond donors (Lipinski definition) is 2. The number of carbonyl (C=O) groups is 3. The van der Waals surface area contributed by atoms with Gasteiger partial charge in [0.25, 0.3) is 0 Å². The zero-order valence-corrected chi connectivity index (χ0v) is 23.2. The SMILES string of the molecule is CCOC(=O)CCCCC(/C=C/c1ccccc1NC(=O)Nc1ccccc1)Cc1ccc(C(=O)OCC)cc1. The number of ether oxygens (including phenoxy) is 2. The van der Waals surface area contributed by atoms with Crippen molar-refractivity contribution in [3.8, 4) is 0 Å². The first-order valence-electron chi connectivity index (χ1n) is 13.8. The van der Waals surface area contributed by atoms with Crippen LogP contribution in [0.25, 0.3) is 6.08 Å². The molecule has 0 saturated carbocycles. The van der Waals surface area contributed by atoms with E-state index in [0.29, 0.717) is 36.6 Å². The molecule has 0 spiro atoms. The van der Waals surface area contributed by atoms with Crippen molar-refractivity contribution in [3.63, 3.8) is 0 Å². The van der Waals surface area contributed by atoms with Gasteiger partial charge in [0.2, 0.25) is 0 Å². The van der Waals surface area contributed by atoms with Crippen molar-refractivity contribution < 1.29 is 23.9 Å². The summed E-state index contributed by atoms with van der Waals surface area (Å²) in [6, 6.07) is 24.1. The molecular weight excluding hydrogens is 504 g/mol. The maximum atomic E-state index is 12.6. The van der Waals surface area contributed by atoms with E-state index in [-0.39, 0.29) is 23.9 Å². The largest absolute Gasteiger partial charge is 0.466 e. The molecule has 210 valence electrons. The van der Waals surface area contributed by atoms with E-state index in [1.165, 1.54) is 0 Å². The van der Waals surface area contributed by atoms with Gasteiger partial charge in [-0.3, -0.25) is 4.79 Å². The zero-order chi connectivity index (χ0) is 28.6. The molecule has 1 unspecified atom stereocenters. The van der Waals surface area contributed by atoms with Crippen LogP contribution in [-0.4, -0.2) is 31.2 Å². The fourth-order valence-electron chi connectivity index (χ4n) is 4.27. The molecule has 2 amide bonds. The van der Waals surface area contributed by atoms with Gasteiger partial charge in [-0.25, -0.2) is 9.59 Å². The van der Waals surface area contributed by atoms with E-state index in [0.717, 1.165) is 36.8 Å². The Kier molecular flexibility index (Phi) is 12.5. The Morgan fingerprint density at radius 3 is 2.23 bits per heavy atom. The Balaban J connectivity index is 1.70. The van der Waals surface area contributed by atoms with E-state index in [4.69, 9.17) is 9.47 Å². The topological polar surface area (TPSA) is 93.7 Å². The molecule has 3 aromatic carbocycles. The lowest BCUT2D eigenvalue weighted by molar-refractivity contribution is -0.143. The predicted octanol–water partition coefficient (Wildman–Crippen LogP) is 7.50. The molecule has 7 nitrogen and oxygen atoms in total. The van der Waals surface area contributed by atoms with Crippen molar-refractivity contribution in [1.29, 1.82) is 0 Å². The maximum Gasteiger partial charge on any atom is 0.338 e. The Morgan fingerprint density at radius 2 is 1.50 bits per heavy atom. The van der Waals surface area contributed by atoms with Crippen LogP contribution in [0, 0.1) is 5.92 Å². The molecule has 0 heterocycles. The summed E-state index contributed by atoms with van der Waals surface area (Å²) in [5, 5.41) is 5.78. The number of benzene rings is 3. The van der Waals surface area contributed by atoms with Gasteiger partial charge in [-0.2, -0.15) is 0 Å².